The van der Waals surface area contributed by atoms with Crippen LogP contribution in [0.3, 0.4) is 0 Å². The van der Waals surface area contributed by atoms with Crippen LogP contribution in [-0.2, 0) is 0 Å². The predicted molar refractivity (Wildman–Crippen MR) is 143 cm³/mol. The summed E-state index contributed by atoms with van der Waals surface area (Å²) in [4.78, 5) is 3.82. The molecule has 0 amide bonds. The van der Waals surface area contributed by atoms with Crippen molar-refractivity contribution >= 4 is 75.1 Å². The zero-order valence-corrected chi connectivity index (χ0v) is 18.5. The molecule has 3 heteroatoms. The van der Waals surface area contributed by atoms with E-state index in [1.54, 1.807) is 0 Å². The van der Waals surface area contributed by atoms with Gasteiger partial charge in [0.05, 0.1) is 21.3 Å². The van der Waals surface area contributed by atoms with Crippen molar-refractivity contribution in [1.29, 1.82) is 0 Å². The molecule has 1 N–H and O–H groups in total. The third-order valence-electron chi connectivity index (χ3n) is 6.91. The highest BCUT2D eigenvalue weighted by atomic mass is 32.1. The monoisotopic (exact) mass is 438 g/mol. The third-order valence-corrected chi connectivity index (χ3v) is 8.08. The number of para-hydroxylation sites is 3. The van der Waals surface area contributed by atoms with Crippen molar-refractivity contribution in [3.63, 3.8) is 0 Å². The van der Waals surface area contributed by atoms with Crippen LogP contribution in [0.5, 0.6) is 0 Å². The molecular formula is C30H18N2S. The first-order chi connectivity index (χ1) is 16.4. The summed E-state index contributed by atoms with van der Waals surface area (Å²) < 4.78 is 5.13. The molecule has 0 radical (unpaired) electrons. The van der Waals surface area contributed by atoms with Gasteiger partial charge in [-0.1, -0.05) is 72.8 Å². The van der Waals surface area contributed by atoms with Crippen LogP contribution in [0.15, 0.2) is 103 Å². The van der Waals surface area contributed by atoms with Gasteiger partial charge in [-0.3, -0.25) is 0 Å². The van der Waals surface area contributed by atoms with E-state index in [1.165, 1.54) is 69.5 Å². The first-order valence-electron chi connectivity index (χ1n) is 11.2. The zero-order valence-electron chi connectivity index (χ0n) is 17.7. The van der Waals surface area contributed by atoms with Crippen molar-refractivity contribution in [1.82, 2.24) is 9.55 Å². The van der Waals surface area contributed by atoms with Crippen LogP contribution in [-0.4, -0.2) is 9.55 Å². The number of rotatable bonds is 1. The molecule has 0 aliphatic heterocycles. The summed E-state index contributed by atoms with van der Waals surface area (Å²) in [6.07, 6.45) is 0. The van der Waals surface area contributed by atoms with Crippen molar-refractivity contribution in [3.05, 3.63) is 103 Å². The van der Waals surface area contributed by atoms with Crippen LogP contribution in [0, 0.1) is 0 Å². The normalized spacial score (nSPS) is 12.2. The Morgan fingerprint density at radius 1 is 0.576 bits per heavy atom. The molecule has 8 rings (SSSR count). The lowest BCUT2D eigenvalue weighted by Gasteiger charge is -2.09. The second-order valence-electron chi connectivity index (χ2n) is 8.63. The molecule has 154 valence electrons. The SMILES string of the molecule is c1ccc(-n2c3ccccc3c3c4[nH]c5ccccc5c4c4c5ccccc5sc4c32)cc1. The number of benzene rings is 5. The molecule has 0 spiro atoms. The molecule has 2 nitrogen and oxygen atoms in total. The van der Waals surface area contributed by atoms with Crippen LogP contribution >= 0.6 is 11.3 Å². The summed E-state index contributed by atoms with van der Waals surface area (Å²) in [5, 5.41) is 7.91. The first kappa shape index (κ1) is 17.5. The topological polar surface area (TPSA) is 20.7 Å². The fourth-order valence-corrected chi connectivity index (χ4v) is 6.85. The lowest BCUT2D eigenvalue weighted by atomic mass is 10.0. The number of aromatic nitrogens is 2. The van der Waals surface area contributed by atoms with Gasteiger partial charge in [0.1, 0.15) is 0 Å². The minimum atomic E-state index is 1.19. The van der Waals surface area contributed by atoms with E-state index in [2.05, 4.69) is 113 Å². The van der Waals surface area contributed by atoms with Gasteiger partial charge in [0, 0.05) is 48.2 Å². The summed E-state index contributed by atoms with van der Waals surface area (Å²) in [6.45, 7) is 0. The highest BCUT2D eigenvalue weighted by molar-refractivity contribution is 7.27. The molecule has 0 unspecified atom stereocenters. The highest BCUT2D eigenvalue weighted by Crippen LogP contribution is 2.49. The highest BCUT2D eigenvalue weighted by Gasteiger charge is 2.23. The Bertz CT molecular complexity index is 2020. The van der Waals surface area contributed by atoms with Gasteiger partial charge in [0.2, 0.25) is 0 Å². The molecule has 0 fully saturated rings. The number of hydrogen-bond acceptors (Lipinski definition) is 1. The van der Waals surface area contributed by atoms with E-state index >= 15 is 0 Å². The van der Waals surface area contributed by atoms with Crippen molar-refractivity contribution in [2.24, 2.45) is 0 Å². The Morgan fingerprint density at radius 2 is 1.27 bits per heavy atom. The molecule has 0 aliphatic carbocycles. The lowest BCUT2D eigenvalue weighted by Crippen LogP contribution is -1.93. The van der Waals surface area contributed by atoms with E-state index < -0.39 is 0 Å². The van der Waals surface area contributed by atoms with E-state index in [1.807, 2.05) is 11.3 Å². The van der Waals surface area contributed by atoms with Gasteiger partial charge in [-0.05, 0) is 30.3 Å². The van der Waals surface area contributed by atoms with E-state index in [-0.39, 0.29) is 0 Å². The van der Waals surface area contributed by atoms with Gasteiger partial charge in [0.15, 0.2) is 0 Å². The average Bonchev–Trinajstić information content (AvgIpc) is 3.53. The standard InChI is InChI=1S/C30H18N2S/c1-2-10-18(11-3-1)32-23-16-8-5-13-20(23)27-28-25(19-12-4-7-15-22(19)31-28)26-21-14-6-9-17-24(21)33-30(26)29(27)32/h1-17,31H. The summed E-state index contributed by atoms with van der Waals surface area (Å²) in [5.41, 5.74) is 6.14. The smallest absolute Gasteiger partial charge is 0.0741 e. The van der Waals surface area contributed by atoms with Gasteiger partial charge in [-0.25, -0.2) is 0 Å². The van der Waals surface area contributed by atoms with Crippen LogP contribution in [0.25, 0.3) is 69.5 Å². The van der Waals surface area contributed by atoms with Crippen LogP contribution in [0.2, 0.25) is 0 Å². The van der Waals surface area contributed by atoms with Crippen molar-refractivity contribution in [2.75, 3.05) is 0 Å². The van der Waals surface area contributed by atoms with Crippen LogP contribution in [0.4, 0.5) is 0 Å². The number of H-pyrrole nitrogens is 1. The second-order valence-corrected chi connectivity index (χ2v) is 9.69. The third kappa shape index (κ3) is 2.17. The maximum atomic E-state index is 3.82. The number of nitrogens with one attached hydrogen (secondary N) is 1. The summed E-state index contributed by atoms with van der Waals surface area (Å²) in [6, 6.07) is 37.1. The minimum Gasteiger partial charge on any atom is -0.354 e. The molecule has 5 aromatic carbocycles. The second kappa shape index (κ2) is 6.25. The molecule has 33 heavy (non-hydrogen) atoms. The van der Waals surface area contributed by atoms with E-state index in [0.29, 0.717) is 0 Å². The Morgan fingerprint density at radius 3 is 2.15 bits per heavy atom. The van der Waals surface area contributed by atoms with Gasteiger partial charge in [0.25, 0.3) is 0 Å². The van der Waals surface area contributed by atoms with Gasteiger partial charge in [-0.2, -0.15) is 0 Å². The van der Waals surface area contributed by atoms with Gasteiger partial charge in [-0.15, -0.1) is 11.3 Å². The summed E-state index contributed by atoms with van der Waals surface area (Å²) in [7, 11) is 0. The Labute approximate surface area is 193 Å². The maximum absolute atomic E-state index is 3.82. The fourth-order valence-electron chi connectivity index (χ4n) is 5.60. The van der Waals surface area contributed by atoms with E-state index in [9.17, 15) is 0 Å². The molecule has 0 bridgehead atoms. The Kier molecular flexibility index (Phi) is 3.31. The summed E-state index contributed by atoms with van der Waals surface area (Å²) >= 11 is 1.91. The van der Waals surface area contributed by atoms with Gasteiger partial charge < -0.3 is 9.55 Å². The number of fused-ring (bicyclic) bond motifs is 12. The quantitative estimate of drug-likeness (QED) is 0.264. The molecule has 0 saturated heterocycles. The lowest BCUT2D eigenvalue weighted by molar-refractivity contribution is 1.19. The molecular weight excluding hydrogens is 420 g/mol. The predicted octanol–water partition coefficient (Wildman–Crippen LogP) is 8.79. The molecule has 0 atom stereocenters. The first-order valence-corrected chi connectivity index (χ1v) is 12.0. The fraction of sp³-hybridized carbons (Fsp3) is 0. The van der Waals surface area contributed by atoms with E-state index in [4.69, 9.17) is 0 Å². The molecule has 8 aromatic rings. The maximum Gasteiger partial charge on any atom is 0.0741 e. The molecule has 3 heterocycles. The van der Waals surface area contributed by atoms with Crippen LogP contribution in [0.1, 0.15) is 0 Å². The largest absolute Gasteiger partial charge is 0.354 e. The number of hydrogen-bond donors (Lipinski definition) is 1. The molecule has 0 saturated carbocycles. The Hall–Kier alpha value is -4.08. The zero-order chi connectivity index (χ0) is 21.5. The number of thiophene rings is 1. The van der Waals surface area contributed by atoms with Crippen LogP contribution < -0.4 is 0 Å². The van der Waals surface area contributed by atoms with E-state index in [0.717, 1.165) is 0 Å². The molecule has 0 aliphatic rings. The van der Waals surface area contributed by atoms with Crippen molar-refractivity contribution in [2.45, 2.75) is 0 Å². The summed E-state index contributed by atoms with van der Waals surface area (Å²) in [5.74, 6) is 0. The van der Waals surface area contributed by atoms with Gasteiger partial charge >= 0.3 is 0 Å². The minimum absolute atomic E-state index is 1.19. The van der Waals surface area contributed by atoms with Crippen molar-refractivity contribution < 1.29 is 0 Å². The Balaban J connectivity index is 1.80. The van der Waals surface area contributed by atoms with Crippen molar-refractivity contribution in [3.8, 4) is 5.69 Å². The number of aromatic amines is 1. The average molecular weight is 439 g/mol. The molecule has 3 aromatic heterocycles. The number of nitrogens with zero attached hydrogens (tertiary/aromatic N) is 1.